The Balaban J connectivity index is 2.02. The molecule has 4 rings (SSSR count). The van der Waals surface area contributed by atoms with Crippen molar-refractivity contribution >= 4 is 0 Å². The zero-order valence-corrected chi connectivity index (χ0v) is 13.1. The average molecular weight is 308 g/mol. The fourth-order valence-corrected chi connectivity index (χ4v) is 2.97. The fraction of sp³-hybridized carbons (Fsp3) is 0. The van der Waals surface area contributed by atoms with Gasteiger partial charge < -0.3 is 0 Å². The maximum Gasteiger partial charge on any atom is 0.0708 e. The molecule has 114 valence electrons. The molecular formula is C22H16N2. The van der Waals surface area contributed by atoms with Gasteiger partial charge in [-0.15, -0.1) is 0 Å². The van der Waals surface area contributed by atoms with E-state index in [-0.39, 0.29) is 0 Å². The molecule has 2 heteroatoms. The van der Waals surface area contributed by atoms with Crippen molar-refractivity contribution in [2.24, 2.45) is 0 Å². The summed E-state index contributed by atoms with van der Waals surface area (Å²) in [7, 11) is 0. The van der Waals surface area contributed by atoms with Crippen LogP contribution in [0.3, 0.4) is 0 Å². The Bertz CT molecular complexity index is 876. The van der Waals surface area contributed by atoms with Crippen LogP contribution in [-0.2, 0) is 0 Å². The van der Waals surface area contributed by atoms with Crippen molar-refractivity contribution in [1.29, 1.82) is 0 Å². The zero-order chi connectivity index (χ0) is 16.2. The maximum absolute atomic E-state index is 4.55. The Morgan fingerprint density at radius 3 is 2.08 bits per heavy atom. The molecule has 0 fully saturated rings. The summed E-state index contributed by atoms with van der Waals surface area (Å²) < 4.78 is 0. The second-order valence-corrected chi connectivity index (χ2v) is 5.55. The van der Waals surface area contributed by atoms with Gasteiger partial charge in [-0.05, 0) is 34.9 Å². The van der Waals surface area contributed by atoms with Gasteiger partial charge in [0.05, 0.1) is 5.69 Å². The normalized spacial score (nSPS) is 10.5. The molecule has 2 nitrogen and oxygen atoms in total. The number of benzene rings is 2. The molecule has 0 atom stereocenters. The first-order valence-corrected chi connectivity index (χ1v) is 7.94. The lowest BCUT2D eigenvalue weighted by molar-refractivity contribution is 1.32. The van der Waals surface area contributed by atoms with Crippen molar-refractivity contribution < 1.29 is 0 Å². The molecule has 4 aromatic rings. The molecule has 0 unspecified atom stereocenters. The van der Waals surface area contributed by atoms with Gasteiger partial charge in [0.1, 0.15) is 0 Å². The van der Waals surface area contributed by atoms with Crippen LogP contribution in [0, 0.1) is 0 Å². The lowest BCUT2D eigenvalue weighted by Gasteiger charge is -2.15. The number of rotatable bonds is 3. The highest BCUT2D eigenvalue weighted by Crippen LogP contribution is 2.38. The van der Waals surface area contributed by atoms with Gasteiger partial charge in [-0.1, -0.05) is 60.7 Å². The number of aromatic nitrogens is 2. The summed E-state index contributed by atoms with van der Waals surface area (Å²) in [5.74, 6) is 0. The highest BCUT2D eigenvalue weighted by atomic mass is 14.7. The molecule has 0 aliphatic rings. The molecule has 2 aromatic carbocycles. The Labute approximate surface area is 141 Å². The van der Waals surface area contributed by atoms with Crippen LogP contribution < -0.4 is 0 Å². The number of hydrogen-bond donors (Lipinski definition) is 0. The van der Waals surface area contributed by atoms with E-state index in [9.17, 15) is 0 Å². The van der Waals surface area contributed by atoms with Gasteiger partial charge in [0.25, 0.3) is 0 Å². The molecule has 0 bridgehead atoms. The van der Waals surface area contributed by atoms with Gasteiger partial charge in [-0.3, -0.25) is 9.97 Å². The van der Waals surface area contributed by atoms with E-state index in [1.165, 1.54) is 11.1 Å². The Kier molecular flexibility index (Phi) is 3.86. The third kappa shape index (κ3) is 2.70. The lowest BCUT2D eigenvalue weighted by Crippen LogP contribution is -1.92. The average Bonchev–Trinajstić information content (AvgIpc) is 2.69. The first-order chi connectivity index (χ1) is 11.9. The van der Waals surface area contributed by atoms with Gasteiger partial charge in [0, 0.05) is 29.7 Å². The molecule has 0 aliphatic heterocycles. The summed E-state index contributed by atoms with van der Waals surface area (Å²) in [4.78, 5) is 8.84. The molecule has 2 heterocycles. The maximum atomic E-state index is 4.55. The summed E-state index contributed by atoms with van der Waals surface area (Å²) in [5, 5.41) is 0. The minimum absolute atomic E-state index is 0.974. The van der Waals surface area contributed by atoms with E-state index in [1.54, 1.807) is 6.20 Å². The van der Waals surface area contributed by atoms with E-state index in [1.807, 2.05) is 36.7 Å². The van der Waals surface area contributed by atoms with E-state index >= 15 is 0 Å². The SMILES string of the molecule is c1ccc(-c2c(-c3cccnc3)cccc2-c2ccccn2)cc1. The fourth-order valence-electron chi connectivity index (χ4n) is 2.97. The Hall–Kier alpha value is -3.26. The summed E-state index contributed by atoms with van der Waals surface area (Å²) in [6.07, 6.45) is 5.54. The summed E-state index contributed by atoms with van der Waals surface area (Å²) in [5.41, 5.74) is 6.74. The molecule has 0 saturated heterocycles. The van der Waals surface area contributed by atoms with Gasteiger partial charge in [-0.2, -0.15) is 0 Å². The first-order valence-electron chi connectivity index (χ1n) is 7.94. The van der Waals surface area contributed by atoms with Crippen molar-refractivity contribution in [2.75, 3.05) is 0 Å². The minimum atomic E-state index is 0.974. The van der Waals surface area contributed by atoms with Crippen LogP contribution in [0.1, 0.15) is 0 Å². The minimum Gasteiger partial charge on any atom is -0.264 e. The molecule has 0 amide bonds. The van der Waals surface area contributed by atoms with E-state index in [4.69, 9.17) is 0 Å². The topological polar surface area (TPSA) is 25.8 Å². The number of pyridine rings is 2. The van der Waals surface area contributed by atoms with E-state index in [0.717, 1.165) is 22.4 Å². The Morgan fingerprint density at radius 1 is 0.542 bits per heavy atom. The molecule has 0 spiro atoms. The number of hydrogen-bond acceptors (Lipinski definition) is 2. The predicted molar refractivity (Wildman–Crippen MR) is 98.3 cm³/mol. The van der Waals surface area contributed by atoms with Crippen LogP contribution in [0.4, 0.5) is 0 Å². The highest BCUT2D eigenvalue weighted by Gasteiger charge is 2.14. The molecule has 0 N–H and O–H groups in total. The van der Waals surface area contributed by atoms with Gasteiger partial charge in [-0.25, -0.2) is 0 Å². The van der Waals surface area contributed by atoms with Crippen LogP contribution in [-0.4, -0.2) is 9.97 Å². The largest absolute Gasteiger partial charge is 0.264 e. The van der Waals surface area contributed by atoms with Crippen molar-refractivity contribution in [1.82, 2.24) is 9.97 Å². The van der Waals surface area contributed by atoms with Gasteiger partial charge >= 0.3 is 0 Å². The van der Waals surface area contributed by atoms with Crippen LogP contribution in [0.15, 0.2) is 97.5 Å². The molecule has 0 radical (unpaired) electrons. The second kappa shape index (κ2) is 6.47. The monoisotopic (exact) mass is 308 g/mol. The molecule has 2 aromatic heterocycles. The van der Waals surface area contributed by atoms with Gasteiger partial charge in [0.15, 0.2) is 0 Å². The first kappa shape index (κ1) is 14.3. The third-order valence-corrected chi connectivity index (χ3v) is 4.04. The second-order valence-electron chi connectivity index (χ2n) is 5.55. The number of nitrogens with zero attached hydrogens (tertiary/aromatic N) is 2. The van der Waals surface area contributed by atoms with Crippen molar-refractivity contribution in [3.63, 3.8) is 0 Å². The quantitative estimate of drug-likeness (QED) is 0.501. The standard InChI is InChI=1S/C22H16N2/c1-2-8-17(9-3-1)22-19(18-10-7-14-23-16-18)11-6-12-20(22)21-13-4-5-15-24-21/h1-16H. The lowest BCUT2D eigenvalue weighted by atomic mass is 9.89. The Morgan fingerprint density at radius 2 is 1.33 bits per heavy atom. The molecule has 24 heavy (non-hydrogen) atoms. The zero-order valence-electron chi connectivity index (χ0n) is 13.1. The van der Waals surface area contributed by atoms with E-state index in [2.05, 4.69) is 64.6 Å². The molecular weight excluding hydrogens is 292 g/mol. The van der Waals surface area contributed by atoms with E-state index < -0.39 is 0 Å². The van der Waals surface area contributed by atoms with Gasteiger partial charge in [0.2, 0.25) is 0 Å². The van der Waals surface area contributed by atoms with Crippen LogP contribution in [0.25, 0.3) is 33.5 Å². The predicted octanol–water partition coefficient (Wildman–Crippen LogP) is 5.48. The summed E-state index contributed by atoms with van der Waals surface area (Å²) in [6, 6.07) is 26.9. The summed E-state index contributed by atoms with van der Waals surface area (Å²) >= 11 is 0. The summed E-state index contributed by atoms with van der Waals surface area (Å²) in [6.45, 7) is 0. The van der Waals surface area contributed by atoms with Crippen molar-refractivity contribution in [2.45, 2.75) is 0 Å². The van der Waals surface area contributed by atoms with Crippen molar-refractivity contribution in [3.05, 3.63) is 97.5 Å². The third-order valence-electron chi connectivity index (χ3n) is 4.04. The smallest absolute Gasteiger partial charge is 0.0708 e. The van der Waals surface area contributed by atoms with Crippen LogP contribution in [0.5, 0.6) is 0 Å². The van der Waals surface area contributed by atoms with Crippen LogP contribution >= 0.6 is 0 Å². The molecule has 0 saturated carbocycles. The van der Waals surface area contributed by atoms with Crippen molar-refractivity contribution in [3.8, 4) is 33.5 Å². The molecule has 0 aliphatic carbocycles. The van der Waals surface area contributed by atoms with Crippen LogP contribution in [0.2, 0.25) is 0 Å². The van der Waals surface area contributed by atoms with E-state index in [0.29, 0.717) is 0 Å². The highest BCUT2D eigenvalue weighted by molar-refractivity contribution is 5.93.